The van der Waals surface area contributed by atoms with Gasteiger partial charge in [0.15, 0.2) is 5.78 Å². The smallest absolute Gasteiger partial charge is 0.328 e. The van der Waals surface area contributed by atoms with Crippen molar-refractivity contribution in [2.24, 2.45) is 5.41 Å². The molecule has 2 heterocycles. The Balaban J connectivity index is 1.41. The fourth-order valence-corrected chi connectivity index (χ4v) is 6.38. The van der Waals surface area contributed by atoms with Gasteiger partial charge in [-0.15, -0.1) is 0 Å². The van der Waals surface area contributed by atoms with E-state index in [4.69, 9.17) is 37.7 Å². The molecule has 0 unspecified atom stereocenters. The summed E-state index contributed by atoms with van der Waals surface area (Å²) in [6.45, 7) is 1.03. The molecule has 1 atom stereocenters. The summed E-state index contributed by atoms with van der Waals surface area (Å²) in [6, 6.07) is 14.4. The highest BCUT2D eigenvalue weighted by atomic mass is 79.9. The summed E-state index contributed by atoms with van der Waals surface area (Å²) in [5.41, 5.74) is 3.23. The van der Waals surface area contributed by atoms with Crippen molar-refractivity contribution in [1.82, 2.24) is 10.3 Å². The minimum absolute atomic E-state index is 0.0584. The molecule has 2 aliphatic rings. The lowest BCUT2D eigenvalue weighted by atomic mass is 9.66. The Bertz CT molecular complexity index is 1380. The lowest BCUT2D eigenvalue weighted by molar-refractivity contribution is -0.143. The van der Waals surface area contributed by atoms with Crippen molar-refractivity contribution in [3.05, 3.63) is 74.3 Å². The highest BCUT2D eigenvalue weighted by Gasteiger charge is 2.54. The molecule has 1 aromatic heterocycles. The summed E-state index contributed by atoms with van der Waals surface area (Å²) in [6.07, 6.45) is 1.57. The summed E-state index contributed by atoms with van der Waals surface area (Å²) in [7, 11) is 1.36. The zero-order valence-electron chi connectivity index (χ0n) is 19.4. The number of hydrogen-bond donors (Lipinski definition) is 1. The van der Waals surface area contributed by atoms with Crippen molar-refractivity contribution in [3.63, 3.8) is 0 Å². The van der Waals surface area contributed by atoms with Crippen molar-refractivity contribution in [2.75, 3.05) is 20.3 Å². The standard InChI is InChI=1S/C27H23BrCl2N2O4/c1-35-26(34)21(32-24-23(28)25(33)27(24)9-11-36-12-10-27)14-15-5-7-19-16(13-15)6-8-20(31-19)22-17(29)3-2-4-18(22)30/h2-8,13,21,32H,9-12,14H2,1H3/t21-/m0/s1. The highest BCUT2D eigenvalue weighted by molar-refractivity contribution is 9.12. The van der Waals surface area contributed by atoms with Gasteiger partial charge in [-0.1, -0.05) is 41.4 Å². The largest absolute Gasteiger partial charge is 0.467 e. The fourth-order valence-electron chi connectivity index (χ4n) is 4.91. The Labute approximate surface area is 227 Å². The van der Waals surface area contributed by atoms with Crippen LogP contribution >= 0.6 is 39.1 Å². The number of aromatic nitrogens is 1. The number of fused-ring (bicyclic) bond motifs is 1. The first-order chi connectivity index (χ1) is 17.3. The number of ketones is 1. The van der Waals surface area contributed by atoms with Crippen LogP contribution in [0.1, 0.15) is 18.4 Å². The first-order valence-corrected chi connectivity index (χ1v) is 13.1. The third kappa shape index (κ3) is 4.43. The number of ether oxygens (including phenoxy) is 2. The minimum Gasteiger partial charge on any atom is -0.467 e. The third-order valence-electron chi connectivity index (χ3n) is 6.90. The molecule has 2 aromatic carbocycles. The Morgan fingerprint density at radius 3 is 2.58 bits per heavy atom. The molecule has 1 saturated heterocycles. The van der Waals surface area contributed by atoms with Crippen LogP contribution in [-0.2, 0) is 25.5 Å². The van der Waals surface area contributed by atoms with Crippen molar-refractivity contribution >= 4 is 61.8 Å². The van der Waals surface area contributed by atoms with Gasteiger partial charge in [-0.3, -0.25) is 4.79 Å². The molecule has 186 valence electrons. The average molecular weight is 590 g/mol. The summed E-state index contributed by atoms with van der Waals surface area (Å²) >= 11 is 16.1. The number of pyridine rings is 1. The number of hydrogen-bond acceptors (Lipinski definition) is 6. The lowest BCUT2D eigenvalue weighted by Crippen LogP contribution is -2.54. The van der Waals surface area contributed by atoms with Gasteiger partial charge < -0.3 is 14.8 Å². The van der Waals surface area contributed by atoms with Crippen LogP contribution < -0.4 is 5.32 Å². The second-order valence-electron chi connectivity index (χ2n) is 8.96. The van der Waals surface area contributed by atoms with Gasteiger partial charge in [-0.2, -0.15) is 0 Å². The number of methoxy groups -OCH3 is 1. The average Bonchev–Trinajstić information content (AvgIpc) is 2.90. The molecule has 9 heteroatoms. The van der Waals surface area contributed by atoms with Crippen LogP contribution in [0, 0.1) is 5.41 Å². The second-order valence-corrected chi connectivity index (χ2v) is 10.6. The molecule has 1 aliphatic heterocycles. The SMILES string of the molecule is COC(=O)[C@H](Cc1ccc2nc(-c3c(Cl)cccc3Cl)ccc2c1)NC1=C(Br)C(=O)C12CCOCC2. The number of allylic oxidation sites excluding steroid dienone is 2. The molecule has 0 saturated carbocycles. The quantitative estimate of drug-likeness (QED) is 0.362. The number of benzene rings is 2. The Morgan fingerprint density at radius 2 is 1.89 bits per heavy atom. The fraction of sp³-hybridized carbons (Fsp3) is 0.296. The van der Waals surface area contributed by atoms with Gasteiger partial charge in [0.2, 0.25) is 0 Å². The number of carbonyl (C=O) groups is 2. The van der Waals surface area contributed by atoms with E-state index in [1.54, 1.807) is 18.2 Å². The molecule has 0 radical (unpaired) electrons. The van der Waals surface area contributed by atoms with E-state index in [1.807, 2.05) is 30.3 Å². The number of rotatable bonds is 6. The van der Waals surface area contributed by atoms with Gasteiger partial charge in [-0.05, 0) is 64.7 Å². The molecule has 5 rings (SSSR count). The first-order valence-electron chi connectivity index (χ1n) is 11.6. The second kappa shape index (κ2) is 10.1. The van der Waals surface area contributed by atoms with Gasteiger partial charge >= 0.3 is 5.97 Å². The van der Waals surface area contributed by atoms with Crippen LogP contribution in [0.2, 0.25) is 10.0 Å². The predicted molar refractivity (Wildman–Crippen MR) is 143 cm³/mol. The first kappa shape index (κ1) is 25.2. The van der Waals surface area contributed by atoms with Crippen LogP contribution in [0.4, 0.5) is 0 Å². The van der Waals surface area contributed by atoms with Crippen molar-refractivity contribution in [1.29, 1.82) is 0 Å². The molecule has 6 nitrogen and oxygen atoms in total. The zero-order valence-corrected chi connectivity index (χ0v) is 22.5. The third-order valence-corrected chi connectivity index (χ3v) is 8.28. The van der Waals surface area contributed by atoms with Crippen molar-refractivity contribution in [3.8, 4) is 11.3 Å². The van der Waals surface area contributed by atoms with Gasteiger partial charge in [0.05, 0.1) is 38.3 Å². The van der Waals surface area contributed by atoms with E-state index in [9.17, 15) is 9.59 Å². The van der Waals surface area contributed by atoms with Crippen LogP contribution in [0.5, 0.6) is 0 Å². The summed E-state index contributed by atoms with van der Waals surface area (Å²) in [5, 5.41) is 5.32. The van der Waals surface area contributed by atoms with E-state index in [2.05, 4.69) is 21.2 Å². The summed E-state index contributed by atoms with van der Waals surface area (Å²) < 4.78 is 11.0. The maximum Gasteiger partial charge on any atom is 0.328 e. The van der Waals surface area contributed by atoms with Crippen molar-refractivity contribution in [2.45, 2.75) is 25.3 Å². The molecule has 1 aliphatic carbocycles. The van der Waals surface area contributed by atoms with Crippen molar-refractivity contribution < 1.29 is 19.1 Å². The normalized spacial score (nSPS) is 17.7. The molecule has 0 amide bonds. The number of carbonyl (C=O) groups excluding carboxylic acids is 2. The highest BCUT2D eigenvalue weighted by Crippen LogP contribution is 2.51. The van der Waals surface area contributed by atoms with Crippen LogP contribution in [0.15, 0.2) is 58.7 Å². The maximum atomic E-state index is 12.7. The Morgan fingerprint density at radius 1 is 1.17 bits per heavy atom. The number of Topliss-reactive ketones (excluding diaryl/α,β-unsaturated/α-hetero) is 1. The van der Waals surface area contributed by atoms with Gasteiger partial charge in [0, 0.05) is 36.3 Å². The number of halogens is 3. The van der Waals surface area contributed by atoms with Crippen LogP contribution in [-0.4, -0.2) is 43.1 Å². The lowest BCUT2D eigenvalue weighted by Gasteiger charge is -2.46. The van der Waals surface area contributed by atoms with E-state index >= 15 is 0 Å². The molecule has 1 fully saturated rings. The van der Waals surface area contributed by atoms with E-state index < -0.39 is 17.4 Å². The zero-order chi connectivity index (χ0) is 25.4. The van der Waals surface area contributed by atoms with E-state index in [1.165, 1.54) is 7.11 Å². The van der Waals surface area contributed by atoms with E-state index in [-0.39, 0.29) is 5.78 Å². The number of esters is 1. The Kier molecular flexibility index (Phi) is 7.10. The van der Waals surface area contributed by atoms with Gasteiger partial charge in [-0.25, -0.2) is 9.78 Å². The van der Waals surface area contributed by atoms with Crippen LogP contribution in [0.25, 0.3) is 22.2 Å². The molecule has 1 spiro atoms. The van der Waals surface area contributed by atoms with Gasteiger partial charge in [0.25, 0.3) is 0 Å². The summed E-state index contributed by atoms with van der Waals surface area (Å²) in [4.78, 5) is 30.2. The van der Waals surface area contributed by atoms with Gasteiger partial charge in [0.1, 0.15) is 6.04 Å². The monoisotopic (exact) mass is 588 g/mol. The number of nitrogens with one attached hydrogen (secondary N) is 1. The summed E-state index contributed by atoms with van der Waals surface area (Å²) in [5.74, 6) is -0.339. The molecule has 0 bridgehead atoms. The Hall–Kier alpha value is -2.45. The topological polar surface area (TPSA) is 77.5 Å². The number of nitrogens with zero attached hydrogens (tertiary/aromatic N) is 1. The predicted octanol–water partition coefficient (Wildman–Crippen LogP) is 5.87. The molecule has 36 heavy (non-hydrogen) atoms. The van der Waals surface area contributed by atoms with E-state index in [0.29, 0.717) is 58.3 Å². The maximum absolute atomic E-state index is 12.7. The van der Waals surface area contributed by atoms with Crippen LogP contribution in [0.3, 0.4) is 0 Å². The molecule has 1 N–H and O–H groups in total. The van der Waals surface area contributed by atoms with E-state index in [0.717, 1.165) is 22.2 Å². The minimum atomic E-state index is -0.656. The molecule has 3 aromatic rings. The molecular formula is C27H23BrCl2N2O4. The molecular weight excluding hydrogens is 567 g/mol.